The first-order chi connectivity index (χ1) is 8.09. The summed E-state index contributed by atoms with van der Waals surface area (Å²) < 4.78 is 0. The zero-order valence-electron chi connectivity index (χ0n) is 9.81. The van der Waals surface area contributed by atoms with Gasteiger partial charge in [-0.15, -0.1) is 11.8 Å². The number of thioether (sulfide) groups is 1. The van der Waals surface area contributed by atoms with Crippen LogP contribution in [0.25, 0.3) is 0 Å². The smallest absolute Gasteiger partial charge is 0.233 e. The SMILES string of the molecule is CC(O)(CNC(=O)C1CCCS1)c1ccsc1. The average Bonchev–Trinajstić information content (AvgIpc) is 2.97. The van der Waals surface area contributed by atoms with Crippen molar-refractivity contribution in [1.29, 1.82) is 0 Å². The van der Waals surface area contributed by atoms with Crippen LogP contribution in [0.4, 0.5) is 0 Å². The number of nitrogens with one attached hydrogen (secondary N) is 1. The van der Waals surface area contributed by atoms with Gasteiger partial charge in [0.2, 0.25) is 5.91 Å². The van der Waals surface area contributed by atoms with E-state index in [0.29, 0.717) is 0 Å². The molecule has 1 aliphatic rings. The van der Waals surface area contributed by atoms with Gasteiger partial charge in [0, 0.05) is 0 Å². The molecular weight excluding hydrogens is 254 g/mol. The molecule has 1 aromatic heterocycles. The van der Waals surface area contributed by atoms with E-state index in [1.807, 2.05) is 16.8 Å². The van der Waals surface area contributed by atoms with Crippen LogP contribution in [0.15, 0.2) is 16.8 Å². The topological polar surface area (TPSA) is 49.3 Å². The van der Waals surface area contributed by atoms with E-state index in [4.69, 9.17) is 0 Å². The molecule has 2 rings (SSSR count). The van der Waals surface area contributed by atoms with Gasteiger partial charge >= 0.3 is 0 Å². The fraction of sp³-hybridized carbons (Fsp3) is 0.583. The second-order valence-electron chi connectivity index (χ2n) is 4.51. The maximum Gasteiger partial charge on any atom is 0.233 e. The highest BCUT2D eigenvalue weighted by Gasteiger charge is 2.28. The predicted octanol–water partition coefficient (Wildman–Crippen LogP) is 1.97. The maximum absolute atomic E-state index is 11.8. The van der Waals surface area contributed by atoms with Crippen LogP contribution < -0.4 is 5.32 Å². The van der Waals surface area contributed by atoms with Gasteiger partial charge in [0.05, 0.1) is 11.8 Å². The van der Waals surface area contributed by atoms with Crippen LogP contribution in [0, 0.1) is 0 Å². The molecule has 3 nitrogen and oxygen atoms in total. The Morgan fingerprint density at radius 3 is 3.12 bits per heavy atom. The Kier molecular flexibility index (Phi) is 4.12. The van der Waals surface area contributed by atoms with Gasteiger partial charge in [-0.2, -0.15) is 11.3 Å². The summed E-state index contributed by atoms with van der Waals surface area (Å²) >= 11 is 3.26. The average molecular weight is 271 g/mol. The highest BCUT2D eigenvalue weighted by atomic mass is 32.2. The lowest BCUT2D eigenvalue weighted by Crippen LogP contribution is -2.41. The largest absolute Gasteiger partial charge is 0.384 e. The van der Waals surface area contributed by atoms with Gasteiger partial charge in [-0.25, -0.2) is 0 Å². The van der Waals surface area contributed by atoms with Crippen molar-refractivity contribution in [2.24, 2.45) is 0 Å². The lowest BCUT2D eigenvalue weighted by Gasteiger charge is -2.23. The molecule has 2 unspecified atom stereocenters. The quantitative estimate of drug-likeness (QED) is 0.880. The molecular formula is C12H17NO2S2. The zero-order valence-corrected chi connectivity index (χ0v) is 11.4. The van der Waals surface area contributed by atoms with Gasteiger partial charge in [-0.05, 0) is 47.9 Å². The van der Waals surface area contributed by atoms with Crippen molar-refractivity contribution in [3.8, 4) is 0 Å². The Morgan fingerprint density at radius 2 is 2.53 bits per heavy atom. The minimum absolute atomic E-state index is 0.0583. The van der Waals surface area contributed by atoms with E-state index in [9.17, 15) is 9.90 Å². The van der Waals surface area contributed by atoms with Crippen LogP contribution in [0.1, 0.15) is 25.3 Å². The van der Waals surface area contributed by atoms with E-state index in [1.165, 1.54) is 0 Å². The molecule has 17 heavy (non-hydrogen) atoms. The van der Waals surface area contributed by atoms with E-state index in [0.717, 1.165) is 24.2 Å². The van der Waals surface area contributed by atoms with Gasteiger partial charge in [-0.3, -0.25) is 4.79 Å². The minimum atomic E-state index is -0.973. The number of hydrogen-bond donors (Lipinski definition) is 2. The fourth-order valence-electron chi connectivity index (χ4n) is 1.83. The van der Waals surface area contributed by atoms with E-state index in [2.05, 4.69) is 5.32 Å². The molecule has 1 aliphatic heterocycles. The Bertz CT molecular complexity index is 370. The van der Waals surface area contributed by atoms with Gasteiger partial charge in [0.1, 0.15) is 5.60 Å². The molecule has 0 aliphatic carbocycles. The first kappa shape index (κ1) is 12.9. The summed E-state index contributed by atoms with van der Waals surface area (Å²) in [6.45, 7) is 2.01. The van der Waals surface area contributed by atoms with Crippen LogP contribution in [0.3, 0.4) is 0 Å². The van der Waals surface area contributed by atoms with Gasteiger partial charge in [0.15, 0.2) is 0 Å². The summed E-state index contributed by atoms with van der Waals surface area (Å²) in [5.41, 5.74) is -0.110. The molecule has 0 bridgehead atoms. The monoisotopic (exact) mass is 271 g/mol. The number of amides is 1. The number of carbonyl (C=O) groups is 1. The van der Waals surface area contributed by atoms with Crippen molar-refractivity contribution in [2.45, 2.75) is 30.6 Å². The van der Waals surface area contributed by atoms with Crippen molar-refractivity contribution >= 4 is 29.0 Å². The molecule has 1 saturated heterocycles. The summed E-state index contributed by atoms with van der Waals surface area (Å²) in [4.78, 5) is 11.8. The van der Waals surface area contributed by atoms with Gasteiger partial charge in [0.25, 0.3) is 0 Å². The highest BCUT2D eigenvalue weighted by molar-refractivity contribution is 8.00. The van der Waals surface area contributed by atoms with Crippen molar-refractivity contribution in [3.05, 3.63) is 22.4 Å². The Labute approximate surface area is 110 Å². The summed E-state index contributed by atoms with van der Waals surface area (Å²) in [6, 6.07) is 1.89. The van der Waals surface area contributed by atoms with E-state index in [-0.39, 0.29) is 17.7 Å². The van der Waals surface area contributed by atoms with Crippen LogP contribution >= 0.6 is 23.1 Å². The fourth-order valence-corrected chi connectivity index (χ4v) is 3.80. The van der Waals surface area contributed by atoms with Crippen molar-refractivity contribution in [2.75, 3.05) is 12.3 Å². The third-order valence-electron chi connectivity index (χ3n) is 2.97. The molecule has 2 N–H and O–H groups in total. The van der Waals surface area contributed by atoms with Crippen LogP contribution in [-0.4, -0.2) is 28.6 Å². The van der Waals surface area contributed by atoms with E-state index < -0.39 is 5.60 Å². The number of hydrogen-bond acceptors (Lipinski definition) is 4. The summed E-state index contributed by atoms with van der Waals surface area (Å²) in [6.07, 6.45) is 2.07. The lowest BCUT2D eigenvalue weighted by atomic mass is 9.99. The van der Waals surface area contributed by atoms with Gasteiger partial charge in [-0.1, -0.05) is 0 Å². The van der Waals surface area contributed by atoms with E-state index >= 15 is 0 Å². The first-order valence-corrected chi connectivity index (χ1v) is 7.73. The summed E-state index contributed by atoms with van der Waals surface area (Å²) in [5, 5.41) is 17.0. The van der Waals surface area contributed by atoms with Crippen LogP contribution in [0.5, 0.6) is 0 Å². The molecule has 1 aromatic rings. The molecule has 0 aromatic carbocycles. The summed E-state index contributed by atoms with van der Waals surface area (Å²) in [7, 11) is 0. The normalized spacial score (nSPS) is 23.3. The van der Waals surface area contributed by atoms with Crippen LogP contribution in [0.2, 0.25) is 0 Å². The Morgan fingerprint density at radius 1 is 1.71 bits per heavy atom. The molecule has 5 heteroatoms. The van der Waals surface area contributed by atoms with Gasteiger partial charge < -0.3 is 10.4 Å². The highest BCUT2D eigenvalue weighted by Crippen LogP contribution is 2.27. The number of thiophene rings is 1. The van der Waals surface area contributed by atoms with Crippen molar-refractivity contribution < 1.29 is 9.90 Å². The molecule has 0 saturated carbocycles. The molecule has 0 spiro atoms. The van der Waals surface area contributed by atoms with Crippen molar-refractivity contribution in [1.82, 2.24) is 5.32 Å². The number of carbonyl (C=O) groups excluding carboxylic acids is 1. The molecule has 2 heterocycles. The molecule has 2 atom stereocenters. The first-order valence-electron chi connectivity index (χ1n) is 5.74. The zero-order chi connectivity index (χ0) is 12.3. The molecule has 0 radical (unpaired) electrons. The molecule has 1 fully saturated rings. The third kappa shape index (κ3) is 3.24. The van der Waals surface area contributed by atoms with E-state index in [1.54, 1.807) is 30.0 Å². The lowest BCUT2D eigenvalue weighted by molar-refractivity contribution is -0.121. The molecule has 1 amide bonds. The number of aliphatic hydroxyl groups is 1. The van der Waals surface area contributed by atoms with Crippen molar-refractivity contribution in [3.63, 3.8) is 0 Å². The second kappa shape index (κ2) is 5.42. The standard InChI is InChI=1S/C12H17NO2S2/c1-12(15,9-4-6-16-7-9)8-13-11(14)10-3-2-5-17-10/h4,6-7,10,15H,2-3,5,8H2,1H3,(H,13,14). The summed E-state index contributed by atoms with van der Waals surface area (Å²) in [5.74, 6) is 1.13. The van der Waals surface area contributed by atoms with Crippen LogP contribution in [-0.2, 0) is 10.4 Å². The Balaban J connectivity index is 1.87. The second-order valence-corrected chi connectivity index (χ2v) is 6.60. The predicted molar refractivity (Wildman–Crippen MR) is 72.4 cm³/mol. The Hall–Kier alpha value is -0.520. The number of rotatable bonds is 4. The maximum atomic E-state index is 11.8. The molecule has 94 valence electrons. The third-order valence-corrected chi connectivity index (χ3v) is 5.03. The minimum Gasteiger partial charge on any atom is -0.384 e.